The van der Waals surface area contributed by atoms with Crippen molar-refractivity contribution in [1.82, 2.24) is 54.8 Å². The zero-order chi connectivity index (χ0) is 104. The molecular weight excluding hydrogens is 2050 g/mol. The lowest BCUT2D eigenvalue weighted by Crippen LogP contribution is -2.43. The minimum atomic E-state index is -0.442. The van der Waals surface area contributed by atoms with Crippen molar-refractivity contribution in [2.75, 3.05) is 19.8 Å². The standard InChI is InChI=1S/C76H90N8O2.C25H35B2NO4.C25H32I2N2O/c1-11-13-15-17-19-21-23-25-27-29-39-85-75-50(8)53-32-31-49(7)81-68(53)70-55(75)34-38-59(83-70)66-63-48(6)44-79-73(63)65(62-47(5)43-80-74(62)66)57-36-33-54-51(9)76(86-40-30-28-26-24-22-20-18-16-14-12-2)56-35-37-58(84-71(56)69(54)82-57)64-61-46(4)42-77-67(61)52(10)60-45(3)41-78-72(60)64;1-14-11-12-16-17(14)20(27-31-24(7,8)25(9,10)32-27)21-18(15(2)13-28-21)19(16)26-29-22(3,4)23(5,6)30-26;1-3-4-5-6-7-8-9-10-11-12-17-30-25-18(2)19-13-15-21(26)28-23(19)24-20(25)14-16-22(27)29-24/h31-38,41-44,77-80H,11-30,39-40H2,1-10H3;11,13,28H,12H2,1-10H3;13-16H,3-12,17H2,1-2H3. The van der Waals surface area contributed by atoms with E-state index in [1.165, 1.54) is 217 Å². The number of ether oxygens (including phenoxy) is 3. The van der Waals surface area contributed by atoms with Gasteiger partial charge in [-0.15, -0.1) is 0 Å². The Bertz CT molecular complexity index is 7780. The monoisotopic (exact) mass is 2210 g/mol. The Labute approximate surface area is 905 Å². The lowest BCUT2D eigenvalue weighted by atomic mass is 9.65. The van der Waals surface area contributed by atoms with Gasteiger partial charge in [-0.05, 0) is 319 Å². The lowest BCUT2D eigenvalue weighted by Gasteiger charge is -2.32. The number of rotatable bonds is 41. The summed E-state index contributed by atoms with van der Waals surface area (Å²) >= 11 is 4.53. The zero-order valence-electron chi connectivity index (χ0n) is 92.4. The zero-order valence-corrected chi connectivity index (χ0v) is 96.7. The largest absolute Gasteiger partial charge is 0.497 e. The van der Waals surface area contributed by atoms with Gasteiger partial charge in [0.25, 0.3) is 0 Å². The van der Waals surface area contributed by atoms with Crippen molar-refractivity contribution in [3.8, 4) is 51.0 Å². The first-order valence-electron chi connectivity index (χ1n) is 55.9. The molecule has 0 bridgehead atoms. The maximum atomic E-state index is 6.95. The van der Waals surface area contributed by atoms with Gasteiger partial charge in [0.1, 0.15) is 41.2 Å². The number of unbranched alkanes of at least 4 members (excludes halogenated alkanes) is 27. The Morgan fingerprint density at radius 2 is 0.574 bits per heavy atom. The van der Waals surface area contributed by atoms with Crippen LogP contribution in [0, 0.1) is 76.6 Å². The van der Waals surface area contributed by atoms with Gasteiger partial charge < -0.3 is 57.7 Å². The molecule has 2 fully saturated rings. The molecule has 3 aliphatic rings. The van der Waals surface area contributed by atoms with Crippen LogP contribution in [0.2, 0.25) is 0 Å². The molecule has 778 valence electrons. The molecule has 5 N–H and O–H groups in total. The molecule has 0 radical (unpaired) electrons. The fraction of sp³-hybridized carbons (Fsp3) is 0.476. The van der Waals surface area contributed by atoms with Gasteiger partial charge in [0, 0.05) is 140 Å². The van der Waals surface area contributed by atoms with Crippen molar-refractivity contribution in [3.05, 3.63) is 184 Å². The Morgan fingerprint density at radius 1 is 0.291 bits per heavy atom. The Kier molecular flexibility index (Phi) is 33.7. The molecule has 0 amide bonds. The summed E-state index contributed by atoms with van der Waals surface area (Å²) in [5.74, 6) is 2.77. The molecule has 0 saturated carbocycles. The van der Waals surface area contributed by atoms with E-state index in [0.29, 0.717) is 13.2 Å². The molecule has 22 heteroatoms. The predicted molar refractivity (Wildman–Crippen MR) is 640 cm³/mol. The van der Waals surface area contributed by atoms with Crippen LogP contribution in [0.4, 0.5) is 0 Å². The number of halogens is 2. The normalized spacial score (nSPS) is 14.8. The van der Waals surface area contributed by atoms with Crippen molar-refractivity contribution in [2.24, 2.45) is 0 Å². The highest BCUT2D eigenvalue weighted by Crippen LogP contribution is 2.51. The molecule has 20 rings (SSSR count). The topological polar surface area (TPSA) is 221 Å². The number of pyridine rings is 6. The number of nitrogens with zero attached hydrogens (tertiary/aromatic N) is 6. The van der Waals surface area contributed by atoms with Gasteiger partial charge in [-0.2, -0.15) is 0 Å². The van der Waals surface area contributed by atoms with Crippen LogP contribution in [0.3, 0.4) is 0 Å². The van der Waals surface area contributed by atoms with E-state index in [-0.39, 0.29) is 0 Å². The van der Waals surface area contributed by atoms with Crippen LogP contribution in [0.1, 0.15) is 343 Å². The van der Waals surface area contributed by atoms with Gasteiger partial charge in [0.15, 0.2) is 0 Å². The molecule has 148 heavy (non-hydrogen) atoms. The molecule has 11 aromatic heterocycles. The maximum Gasteiger partial charge on any atom is 0.497 e. The van der Waals surface area contributed by atoms with Crippen LogP contribution >= 0.6 is 45.2 Å². The number of aryl methyl sites for hydroxylation is 10. The summed E-state index contributed by atoms with van der Waals surface area (Å²) < 4.78 is 48.2. The Hall–Kier alpha value is -9.95. The Morgan fingerprint density at radius 3 is 0.966 bits per heavy atom. The molecule has 13 heterocycles. The number of aromatic amines is 5. The van der Waals surface area contributed by atoms with Gasteiger partial charge in [-0.25, -0.2) is 24.9 Å². The van der Waals surface area contributed by atoms with E-state index < -0.39 is 36.6 Å². The van der Waals surface area contributed by atoms with E-state index in [1.807, 2.05) is 0 Å². The molecule has 1 aliphatic carbocycles. The van der Waals surface area contributed by atoms with Gasteiger partial charge in [0.2, 0.25) is 0 Å². The number of allylic oxidation sites excluding steroid dienone is 2. The van der Waals surface area contributed by atoms with Crippen molar-refractivity contribution in [3.63, 3.8) is 0 Å². The molecule has 17 aromatic rings. The number of H-pyrrole nitrogens is 5. The van der Waals surface area contributed by atoms with Crippen LogP contribution in [-0.2, 0) is 25.0 Å². The van der Waals surface area contributed by atoms with Crippen LogP contribution < -0.4 is 25.1 Å². The summed E-state index contributed by atoms with van der Waals surface area (Å²) in [6.45, 7) is 49.7. The SMILES string of the molecule is CC1=CCc2c1c(B1OC(C)(C)C(C)(C)O1)c1[nH]cc(C)c1c2B1OC(C)(C)C(C)(C)O1.CCCCCCCCCCCCOc1c(C)c2ccc(-c3c4[nH]cc(C)c4c(-c4ccc5c(OCCCCCCCCCCCC)c(C)c6ccc(C)nc6c5n4)c4[nH]cc(C)c34)nc2c2nc(-c3c4[nH]cc(C)c4c(C)c4[nH]cc(C)c34)ccc12.CCCCCCCCCCCCOc1c(C)c2ccc(I)nc2c2nc(I)ccc12. The van der Waals surface area contributed by atoms with Crippen molar-refractivity contribution >= 4 is 196 Å². The van der Waals surface area contributed by atoms with E-state index in [9.17, 15) is 0 Å². The predicted octanol–water partition coefficient (Wildman–Crippen LogP) is 34.5. The third-order valence-corrected chi connectivity index (χ3v) is 34.3. The highest BCUT2D eigenvalue weighted by atomic mass is 127. The third-order valence-electron chi connectivity index (χ3n) is 33.1. The summed E-state index contributed by atoms with van der Waals surface area (Å²) in [4.78, 5) is 50.4. The van der Waals surface area contributed by atoms with Crippen LogP contribution in [0.25, 0.3) is 159 Å². The number of hydrogen-bond acceptors (Lipinski definition) is 13. The average Bonchev–Trinajstić information content (AvgIpc) is 1.56. The quantitative estimate of drug-likeness (QED) is 0.00792. The minimum absolute atomic E-state index is 0.396. The second-order valence-corrected chi connectivity index (χ2v) is 47.2. The first-order chi connectivity index (χ1) is 71.3. The minimum Gasteiger partial charge on any atom is -0.493 e. The maximum absolute atomic E-state index is 6.95. The van der Waals surface area contributed by atoms with Crippen molar-refractivity contribution in [2.45, 2.75) is 374 Å². The average molecular weight is 2210 g/mol. The highest BCUT2D eigenvalue weighted by molar-refractivity contribution is 14.1. The first-order valence-corrected chi connectivity index (χ1v) is 58.1. The van der Waals surface area contributed by atoms with E-state index in [2.05, 4.69) is 332 Å². The molecule has 6 aromatic carbocycles. The second kappa shape index (κ2) is 46.3. The molecule has 18 nitrogen and oxygen atoms in total. The molecule has 2 aliphatic heterocycles. The summed E-state index contributed by atoms with van der Waals surface area (Å²) in [6, 6.07) is 26.0. The smallest absolute Gasteiger partial charge is 0.493 e. The van der Waals surface area contributed by atoms with E-state index in [1.54, 1.807) is 0 Å². The van der Waals surface area contributed by atoms with Gasteiger partial charge in [0.05, 0.1) is 97.9 Å². The highest BCUT2D eigenvalue weighted by Gasteiger charge is 2.56. The van der Waals surface area contributed by atoms with Gasteiger partial charge >= 0.3 is 14.2 Å². The van der Waals surface area contributed by atoms with Crippen LogP contribution in [-0.4, -0.2) is 111 Å². The Balaban J connectivity index is 0.000000186. The summed E-state index contributed by atoms with van der Waals surface area (Å²) in [6.07, 6.45) is 52.7. The number of benzene rings is 6. The van der Waals surface area contributed by atoms with E-state index in [4.69, 9.17) is 62.7 Å². The van der Waals surface area contributed by atoms with Crippen LogP contribution in [0.5, 0.6) is 17.2 Å². The molecule has 2 saturated heterocycles. The summed E-state index contributed by atoms with van der Waals surface area (Å²) in [5, 5.41) is 12.1. The lowest BCUT2D eigenvalue weighted by molar-refractivity contribution is 0.00578. The fourth-order valence-electron chi connectivity index (χ4n) is 23.4. The fourth-order valence-corrected chi connectivity index (χ4v) is 24.2. The van der Waals surface area contributed by atoms with Gasteiger partial charge in [-0.3, -0.25) is 4.98 Å². The van der Waals surface area contributed by atoms with Crippen LogP contribution in [0.15, 0.2) is 110 Å². The van der Waals surface area contributed by atoms with Crippen molar-refractivity contribution < 1.29 is 32.8 Å². The van der Waals surface area contributed by atoms with Crippen molar-refractivity contribution in [1.29, 1.82) is 0 Å². The summed E-state index contributed by atoms with van der Waals surface area (Å²) in [7, 11) is -0.861. The number of aromatic nitrogens is 11. The van der Waals surface area contributed by atoms with Gasteiger partial charge in [-0.1, -0.05) is 212 Å². The van der Waals surface area contributed by atoms with E-state index >= 15 is 0 Å². The first kappa shape index (κ1) is 108. The second-order valence-electron chi connectivity index (χ2n) is 44.9. The third kappa shape index (κ3) is 21.6. The number of nitrogens with one attached hydrogen (secondary N) is 5. The molecule has 0 unspecified atom stereocenters. The molecule has 0 spiro atoms. The molecular formula is C126H157B2I2N11O7. The number of fused-ring (bicyclic) bond motifs is 15. The van der Waals surface area contributed by atoms with E-state index in [0.717, 1.165) is 251 Å². The summed E-state index contributed by atoms with van der Waals surface area (Å²) in [5.41, 5.74) is 32.3. The number of hydrogen-bond donors (Lipinski definition) is 5. The molecule has 0 atom stereocenters.